The fraction of sp³-hybridized carbons (Fsp3) is 0.429. The number of benzene rings is 1. The van der Waals surface area contributed by atoms with Crippen LogP contribution in [0.1, 0.15) is 32.3 Å². The van der Waals surface area contributed by atoms with E-state index >= 15 is 0 Å². The van der Waals surface area contributed by atoms with Crippen molar-refractivity contribution in [2.75, 3.05) is 12.4 Å². The molecule has 0 bridgehead atoms. The lowest BCUT2D eigenvalue weighted by atomic mass is 10.0. The van der Waals surface area contributed by atoms with Crippen molar-refractivity contribution in [2.24, 2.45) is 11.7 Å². The van der Waals surface area contributed by atoms with Gasteiger partial charge in [-0.25, -0.2) is 0 Å². The van der Waals surface area contributed by atoms with Crippen LogP contribution in [-0.2, 0) is 4.79 Å². The quantitative estimate of drug-likeness (QED) is 0.786. The number of hydrogen-bond donors (Lipinski definition) is 2. The third kappa shape index (κ3) is 3.67. The highest BCUT2D eigenvalue weighted by Gasteiger charge is 2.18. The third-order valence-corrected chi connectivity index (χ3v) is 3.34. The molecule has 104 valence electrons. The van der Waals surface area contributed by atoms with Crippen LogP contribution >= 0.6 is 12.2 Å². The number of carbonyl (C=O) groups excluding carboxylic acids is 1. The van der Waals surface area contributed by atoms with Crippen molar-refractivity contribution in [1.29, 1.82) is 0 Å². The van der Waals surface area contributed by atoms with E-state index in [0.29, 0.717) is 17.0 Å². The molecule has 5 heteroatoms. The second-order valence-corrected chi connectivity index (χ2v) is 4.69. The number of thiocarbonyl (C=S) groups is 1. The van der Waals surface area contributed by atoms with Gasteiger partial charge in [-0.1, -0.05) is 32.1 Å². The molecule has 1 aromatic rings. The Morgan fingerprint density at radius 2 is 2.05 bits per heavy atom. The predicted octanol–water partition coefficient (Wildman–Crippen LogP) is 2.70. The first-order chi connectivity index (χ1) is 9.04. The molecule has 0 aliphatic rings. The topological polar surface area (TPSA) is 64.3 Å². The smallest absolute Gasteiger partial charge is 0.227 e. The van der Waals surface area contributed by atoms with E-state index < -0.39 is 0 Å². The molecular formula is C14H20N2O2S. The number of ether oxygens (including phenoxy) is 1. The fourth-order valence-corrected chi connectivity index (χ4v) is 2.09. The number of nitrogens with two attached hydrogens (primary N) is 1. The molecule has 0 saturated carbocycles. The monoisotopic (exact) mass is 280 g/mol. The molecule has 0 aromatic heterocycles. The Balaban J connectivity index is 3.11. The SMILES string of the molecule is CCC(CC)C(=O)Nc1c(OC)cccc1C(N)=S. The van der Waals surface area contributed by atoms with Crippen LogP contribution in [0, 0.1) is 5.92 Å². The maximum Gasteiger partial charge on any atom is 0.227 e. The summed E-state index contributed by atoms with van der Waals surface area (Å²) < 4.78 is 5.25. The molecule has 1 rings (SSSR count). The van der Waals surface area contributed by atoms with Crippen molar-refractivity contribution >= 4 is 28.8 Å². The van der Waals surface area contributed by atoms with E-state index in [1.54, 1.807) is 25.3 Å². The number of amides is 1. The van der Waals surface area contributed by atoms with Gasteiger partial charge in [0.25, 0.3) is 0 Å². The minimum absolute atomic E-state index is 0.0240. The van der Waals surface area contributed by atoms with Gasteiger partial charge in [0.2, 0.25) is 5.91 Å². The zero-order chi connectivity index (χ0) is 14.4. The van der Waals surface area contributed by atoms with Crippen LogP contribution in [0.5, 0.6) is 5.75 Å². The van der Waals surface area contributed by atoms with Gasteiger partial charge in [-0.05, 0) is 25.0 Å². The molecule has 1 aromatic carbocycles. The summed E-state index contributed by atoms with van der Waals surface area (Å²) in [5.74, 6) is 0.501. The maximum atomic E-state index is 12.2. The molecule has 1 amide bonds. The number of para-hydroxylation sites is 1. The highest BCUT2D eigenvalue weighted by molar-refractivity contribution is 7.80. The van der Waals surface area contributed by atoms with Crippen molar-refractivity contribution < 1.29 is 9.53 Å². The first-order valence-corrected chi connectivity index (χ1v) is 6.73. The van der Waals surface area contributed by atoms with E-state index in [-0.39, 0.29) is 16.8 Å². The second kappa shape index (κ2) is 7.09. The van der Waals surface area contributed by atoms with Crippen LogP contribution in [0.15, 0.2) is 18.2 Å². The highest BCUT2D eigenvalue weighted by atomic mass is 32.1. The van der Waals surface area contributed by atoms with Gasteiger partial charge in [0.05, 0.1) is 12.8 Å². The van der Waals surface area contributed by atoms with Crippen LogP contribution in [-0.4, -0.2) is 18.0 Å². The molecule has 0 saturated heterocycles. The number of anilines is 1. The Morgan fingerprint density at radius 1 is 1.42 bits per heavy atom. The van der Waals surface area contributed by atoms with E-state index in [2.05, 4.69) is 5.32 Å². The summed E-state index contributed by atoms with van der Waals surface area (Å²) in [4.78, 5) is 12.4. The average Bonchev–Trinajstić information content (AvgIpc) is 2.40. The molecule has 0 aliphatic heterocycles. The molecule has 3 N–H and O–H groups in total. The molecule has 0 heterocycles. The Labute approximate surface area is 119 Å². The normalized spacial score (nSPS) is 10.3. The van der Waals surface area contributed by atoms with Gasteiger partial charge in [-0.15, -0.1) is 0 Å². The van der Waals surface area contributed by atoms with Crippen molar-refractivity contribution in [1.82, 2.24) is 0 Å². The van der Waals surface area contributed by atoms with Crippen LogP contribution in [0.4, 0.5) is 5.69 Å². The lowest BCUT2D eigenvalue weighted by Gasteiger charge is -2.17. The first kappa shape index (κ1) is 15.4. The van der Waals surface area contributed by atoms with Gasteiger partial charge < -0.3 is 15.8 Å². The molecule has 4 nitrogen and oxygen atoms in total. The van der Waals surface area contributed by atoms with E-state index in [0.717, 1.165) is 12.8 Å². The zero-order valence-electron chi connectivity index (χ0n) is 11.5. The fourth-order valence-electron chi connectivity index (χ4n) is 1.92. The van der Waals surface area contributed by atoms with Crippen LogP contribution in [0.2, 0.25) is 0 Å². The second-order valence-electron chi connectivity index (χ2n) is 4.25. The summed E-state index contributed by atoms with van der Waals surface area (Å²) >= 11 is 5.00. The van der Waals surface area contributed by atoms with Crippen molar-refractivity contribution in [3.8, 4) is 5.75 Å². The van der Waals surface area contributed by atoms with Crippen LogP contribution in [0.3, 0.4) is 0 Å². The number of rotatable bonds is 6. The molecular weight excluding hydrogens is 260 g/mol. The molecule has 0 spiro atoms. The average molecular weight is 280 g/mol. The summed E-state index contributed by atoms with van der Waals surface area (Å²) in [5.41, 5.74) is 6.85. The molecule has 0 radical (unpaired) electrons. The first-order valence-electron chi connectivity index (χ1n) is 6.32. The van der Waals surface area contributed by atoms with Gasteiger partial charge in [-0.2, -0.15) is 0 Å². The Hall–Kier alpha value is -1.62. The summed E-state index contributed by atoms with van der Waals surface area (Å²) in [7, 11) is 1.55. The van der Waals surface area contributed by atoms with Gasteiger partial charge >= 0.3 is 0 Å². The summed E-state index contributed by atoms with van der Waals surface area (Å²) in [6.07, 6.45) is 1.58. The van der Waals surface area contributed by atoms with E-state index in [4.69, 9.17) is 22.7 Å². The van der Waals surface area contributed by atoms with Crippen LogP contribution in [0.25, 0.3) is 0 Å². The molecule has 19 heavy (non-hydrogen) atoms. The van der Waals surface area contributed by atoms with Crippen LogP contribution < -0.4 is 15.8 Å². The minimum atomic E-state index is -0.0352. The molecule has 0 aliphatic carbocycles. The molecule has 0 unspecified atom stereocenters. The zero-order valence-corrected chi connectivity index (χ0v) is 12.3. The van der Waals surface area contributed by atoms with Gasteiger partial charge in [0.15, 0.2) is 0 Å². The Morgan fingerprint density at radius 3 is 2.53 bits per heavy atom. The van der Waals surface area contributed by atoms with Crippen molar-refractivity contribution in [2.45, 2.75) is 26.7 Å². The standard InChI is InChI=1S/C14H20N2O2S/c1-4-9(5-2)14(17)16-12-10(13(15)19)7-6-8-11(12)18-3/h6-9H,4-5H2,1-3H3,(H2,15,19)(H,16,17). The summed E-state index contributed by atoms with van der Waals surface area (Å²) in [5, 5.41) is 2.88. The number of methoxy groups -OCH3 is 1. The lowest BCUT2D eigenvalue weighted by molar-refractivity contribution is -0.120. The van der Waals surface area contributed by atoms with E-state index in [1.165, 1.54) is 0 Å². The Kier molecular flexibility index (Phi) is 5.76. The molecule has 0 atom stereocenters. The molecule has 0 fully saturated rings. The van der Waals surface area contributed by atoms with Gasteiger partial charge in [0.1, 0.15) is 10.7 Å². The highest BCUT2D eigenvalue weighted by Crippen LogP contribution is 2.29. The van der Waals surface area contributed by atoms with Gasteiger partial charge in [0, 0.05) is 11.5 Å². The number of carbonyl (C=O) groups is 1. The third-order valence-electron chi connectivity index (χ3n) is 3.12. The van der Waals surface area contributed by atoms with Crippen molar-refractivity contribution in [3.63, 3.8) is 0 Å². The number of hydrogen-bond acceptors (Lipinski definition) is 3. The Bertz CT molecular complexity index is 471. The predicted molar refractivity (Wildman–Crippen MR) is 81.6 cm³/mol. The maximum absolute atomic E-state index is 12.2. The minimum Gasteiger partial charge on any atom is -0.495 e. The van der Waals surface area contributed by atoms with E-state index in [1.807, 2.05) is 13.8 Å². The largest absolute Gasteiger partial charge is 0.495 e. The summed E-state index contributed by atoms with van der Waals surface area (Å²) in [6, 6.07) is 5.33. The van der Waals surface area contributed by atoms with Gasteiger partial charge in [-0.3, -0.25) is 4.79 Å². The lowest BCUT2D eigenvalue weighted by Crippen LogP contribution is -2.24. The van der Waals surface area contributed by atoms with Crippen molar-refractivity contribution in [3.05, 3.63) is 23.8 Å². The summed E-state index contributed by atoms with van der Waals surface area (Å²) in [6.45, 7) is 3.98. The van der Waals surface area contributed by atoms with E-state index in [9.17, 15) is 4.79 Å². The number of nitrogens with one attached hydrogen (secondary N) is 1.